The van der Waals surface area contributed by atoms with Crippen LogP contribution in [0.1, 0.15) is 94.2 Å². The Morgan fingerprint density at radius 1 is 0.935 bits per heavy atom. The third-order valence-electron chi connectivity index (χ3n) is 10.5. The fourth-order valence-electron chi connectivity index (χ4n) is 8.07. The molecule has 0 heterocycles. The van der Waals surface area contributed by atoms with E-state index in [4.69, 9.17) is 14.2 Å². The number of fused-ring (bicyclic) bond motifs is 2. The van der Waals surface area contributed by atoms with E-state index in [9.17, 15) is 24.6 Å². The molecule has 3 aliphatic carbocycles. The van der Waals surface area contributed by atoms with Crippen LogP contribution in [0.25, 0.3) is 0 Å². The Kier molecular flexibility index (Phi) is 12.1. The Hall–Kier alpha value is -3.39. The number of aliphatic hydroxyl groups excluding tert-OH is 1. The van der Waals surface area contributed by atoms with E-state index in [1.807, 2.05) is 42.5 Å². The average Bonchev–Trinajstić information content (AvgIpc) is 3.40. The van der Waals surface area contributed by atoms with E-state index in [1.54, 1.807) is 0 Å². The van der Waals surface area contributed by atoms with Gasteiger partial charge in [0.2, 0.25) is 0 Å². The van der Waals surface area contributed by atoms with Crippen LogP contribution in [0.5, 0.6) is 5.75 Å². The summed E-state index contributed by atoms with van der Waals surface area (Å²) in [5.41, 5.74) is 3.18. The molecule has 2 saturated carbocycles. The third-order valence-corrected chi connectivity index (χ3v) is 10.5. The van der Waals surface area contributed by atoms with Gasteiger partial charge in [-0.3, -0.25) is 9.59 Å². The van der Waals surface area contributed by atoms with Crippen molar-refractivity contribution in [1.82, 2.24) is 0 Å². The normalized spacial score (nSPS) is 26.0. The van der Waals surface area contributed by atoms with E-state index < -0.39 is 23.8 Å². The smallest absolute Gasteiger partial charge is 0.344 e. The molecule has 8 nitrogen and oxygen atoms in total. The van der Waals surface area contributed by atoms with Crippen molar-refractivity contribution in [3.05, 3.63) is 65.2 Å². The molecule has 0 aliphatic heterocycles. The summed E-state index contributed by atoms with van der Waals surface area (Å²) >= 11 is 0. The van der Waals surface area contributed by atoms with Crippen LogP contribution in [0.2, 0.25) is 0 Å². The minimum Gasteiger partial charge on any atom is -0.482 e. The van der Waals surface area contributed by atoms with Crippen LogP contribution in [0.3, 0.4) is 0 Å². The standard InChI is InChI=1S/C38H50O8/c1-2-3-5-14-28(39)18-19-29-32-20-26-13-10-17-34(44-24-36(40)45-23-25-11-6-4-7-12-25)33(26)21-27(32)22-35(29)46-38(43)31-16-9-8-15-30(31)37(41)42/h4,6-7,10-13,17,27-32,35,39H,2-3,5,8-9,14-16,18-24H2,1H3,(H,41,42)/t27-,28-,29+,30-,31+,32-,35+/m0/s1. The van der Waals surface area contributed by atoms with Crippen molar-refractivity contribution in [2.24, 2.45) is 29.6 Å². The number of carboxylic acid groups (broad SMARTS) is 1. The first-order valence-corrected chi connectivity index (χ1v) is 17.4. The van der Waals surface area contributed by atoms with Gasteiger partial charge in [-0.05, 0) is 91.9 Å². The molecule has 0 radical (unpaired) electrons. The lowest BCUT2D eigenvalue weighted by Crippen LogP contribution is -2.37. The summed E-state index contributed by atoms with van der Waals surface area (Å²) in [5.74, 6) is -1.71. The van der Waals surface area contributed by atoms with Gasteiger partial charge in [-0.1, -0.05) is 81.5 Å². The van der Waals surface area contributed by atoms with Gasteiger partial charge in [0.25, 0.3) is 0 Å². The summed E-state index contributed by atoms with van der Waals surface area (Å²) in [7, 11) is 0. The highest BCUT2D eigenvalue weighted by molar-refractivity contribution is 5.81. The maximum atomic E-state index is 13.5. The average molecular weight is 635 g/mol. The number of carbonyl (C=O) groups excluding carboxylic acids is 2. The Bertz CT molecular complexity index is 1310. The molecule has 250 valence electrons. The fourth-order valence-corrected chi connectivity index (χ4v) is 8.07. The summed E-state index contributed by atoms with van der Waals surface area (Å²) in [4.78, 5) is 37.9. The van der Waals surface area contributed by atoms with Gasteiger partial charge in [-0.2, -0.15) is 0 Å². The van der Waals surface area contributed by atoms with Gasteiger partial charge in [0, 0.05) is 0 Å². The fraction of sp³-hybridized carbons (Fsp3) is 0.605. The molecule has 0 spiro atoms. The molecule has 0 aromatic heterocycles. The van der Waals surface area contributed by atoms with Gasteiger partial charge in [0.1, 0.15) is 18.5 Å². The number of aliphatic carboxylic acids is 1. The zero-order valence-electron chi connectivity index (χ0n) is 27.1. The molecular formula is C38H50O8. The minimum atomic E-state index is -0.916. The SMILES string of the molecule is CCCCC[C@H](O)CC[C@@H]1[C@H]2Cc3cccc(OCC(=O)OCc4ccccc4)c3C[C@H]2C[C@H]1OC(=O)[C@@H]1CCCC[C@@H]1C(=O)O. The number of ether oxygens (including phenoxy) is 3. The largest absolute Gasteiger partial charge is 0.482 e. The second-order valence-electron chi connectivity index (χ2n) is 13.6. The summed E-state index contributed by atoms with van der Waals surface area (Å²) in [6.07, 6.45) is 9.69. The monoisotopic (exact) mass is 634 g/mol. The first-order chi connectivity index (χ1) is 22.3. The van der Waals surface area contributed by atoms with E-state index in [-0.39, 0.29) is 49.1 Å². The van der Waals surface area contributed by atoms with Crippen molar-refractivity contribution in [3.8, 4) is 5.75 Å². The first-order valence-electron chi connectivity index (χ1n) is 17.4. The molecule has 8 heteroatoms. The number of carboxylic acids is 1. The van der Waals surface area contributed by atoms with Crippen LogP contribution < -0.4 is 4.74 Å². The predicted octanol–water partition coefficient (Wildman–Crippen LogP) is 6.68. The van der Waals surface area contributed by atoms with Crippen molar-refractivity contribution in [2.45, 2.75) is 109 Å². The number of hydrogen-bond donors (Lipinski definition) is 2. The van der Waals surface area contributed by atoms with E-state index >= 15 is 0 Å². The van der Waals surface area contributed by atoms with Crippen LogP contribution in [0.15, 0.2) is 48.5 Å². The van der Waals surface area contributed by atoms with Gasteiger partial charge in [-0.15, -0.1) is 0 Å². The van der Waals surface area contributed by atoms with Gasteiger partial charge >= 0.3 is 17.9 Å². The van der Waals surface area contributed by atoms with Crippen molar-refractivity contribution >= 4 is 17.9 Å². The van der Waals surface area contributed by atoms with Crippen molar-refractivity contribution in [2.75, 3.05) is 6.61 Å². The highest BCUT2D eigenvalue weighted by Gasteiger charge is 2.48. The molecule has 0 unspecified atom stereocenters. The highest BCUT2D eigenvalue weighted by Crippen LogP contribution is 2.50. The molecule has 46 heavy (non-hydrogen) atoms. The molecular weight excluding hydrogens is 584 g/mol. The number of carbonyl (C=O) groups is 3. The molecule has 2 aromatic carbocycles. The molecule has 0 amide bonds. The van der Waals surface area contributed by atoms with Crippen LogP contribution in [-0.4, -0.2) is 46.9 Å². The second kappa shape index (κ2) is 16.4. The molecule has 5 rings (SSSR count). The van der Waals surface area contributed by atoms with Crippen LogP contribution in [0.4, 0.5) is 0 Å². The quantitative estimate of drug-likeness (QED) is 0.164. The number of esters is 2. The third kappa shape index (κ3) is 8.69. The molecule has 0 bridgehead atoms. The summed E-state index contributed by atoms with van der Waals surface area (Å²) in [6.45, 7) is 2.17. The highest BCUT2D eigenvalue weighted by atomic mass is 16.6. The molecule has 3 aliphatic rings. The number of aliphatic hydroxyl groups is 1. The lowest BCUT2D eigenvalue weighted by Gasteiger charge is -2.33. The molecule has 2 aromatic rings. The number of rotatable bonds is 15. The van der Waals surface area contributed by atoms with Crippen LogP contribution >= 0.6 is 0 Å². The lowest BCUT2D eigenvalue weighted by atomic mass is 9.73. The Labute approximate surface area is 272 Å². The summed E-state index contributed by atoms with van der Waals surface area (Å²) < 4.78 is 17.7. The molecule has 2 N–H and O–H groups in total. The maximum absolute atomic E-state index is 13.5. The van der Waals surface area contributed by atoms with Gasteiger partial charge < -0.3 is 24.4 Å². The van der Waals surface area contributed by atoms with Crippen molar-refractivity contribution < 1.29 is 38.8 Å². The number of hydrogen-bond acceptors (Lipinski definition) is 7. The van der Waals surface area contributed by atoms with Crippen molar-refractivity contribution in [3.63, 3.8) is 0 Å². The molecule has 7 atom stereocenters. The Morgan fingerprint density at radius 3 is 2.48 bits per heavy atom. The lowest BCUT2D eigenvalue weighted by molar-refractivity contribution is -0.165. The van der Waals surface area contributed by atoms with Gasteiger partial charge in [0.15, 0.2) is 6.61 Å². The predicted molar refractivity (Wildman–Crippen MR) is 173 cm³/mol. The zero-order valence-corrected chi connectivity index (χ0v) is 27.1. The summed E-state index contributed by atoms with van der Waals surface area (Å²) in [6, 6.07) is 15.5. The van der Waals surface area contributed by atoms with Crippen LogP contribution in [0, 0.1) is 29.6 Å². The minimum absolute atomic E-state index is 0.0901. The number of benzene rings is 2. The van der Waals surface area contributed by atoms with Gasteiger partial charge in [0.05, 0.1) is 17.9 Å². The van der Waals surface area contributed by atoms with Gasteiger partial charge in [-0.25, -0.2) is 4.79 Å². The molecule has 0 saturated heterocycles. The Balaban J connectivity index is 1.26. The van der Waals surface area contributed by atoms with E-state index in [1.165, 1.54) is 5.56 Å². The zero-order chi connectivity index (χ0) is 32.5. The summed E-state index contributed by atoms with van der Waals surface area (Å²) in [5, 5.41) is 20.6. The maximum Gasteiger partial charge on any atom is 0.344 e. The topological polar surface area (TPSA) is 119 Å². The van der Waals surface area contributed by atoms with Crippen LogP contribution in [-0.2, 0) is 43.3 Å². The molecule has 2 fully saturated rings. The van der Waals surface area contributed by atoms with E-state index in [2.05, 4.69) is 13.0 Å². The Morgan fingerprint density at radius 2 is 1.72 bits per heavy atom. The number of unbranched alkanes of at least 4 members (excludes halogenated alkanes) is 2. The second-order valence-corrected chi connectivity index (χ2v) is 13.6. The first kappa shape index (κ1) is 34.0. The van der Waals surface area contributed by atoms with E-state index in [0.29, 0.717) is 31.4 Å². The van der Waals surface area contributed by atoms with Crippen molar-refractivity contribution in [1.29, 1.82) is 0 Å². The van der Waals surface area contributed by atoms with E-state index in [0.717, 1.165) is 68.9 Å².